The van der Waals surface area contributed by atoms with E-state index in [4.69, 9.17) is 16.3 Å². The molecular formula is C19H18ClNO4. The standard InChI is InChI=1S/C19H18ClNO4/c1-12(2)18(23)21-16-5-3-4-14(10-16)19(24)25-11-17(22)13-6-8-15(20)9-7-13/h3-10,12H,11H2,1-2H3,(H,21,23). The maximum atomic E-state index is 12.1. The fraction of sp³-hybridized carbons (Fsp3) is 0.211. The van der Waals surface area contributed by atoms with Crippen LogP contribution in [0.1, 0.15) is 34.6 Å². The van der Waals surface area contributed by atoms with Crippen molar-refractivity contribution in [1.82, 2.24) is 0 Å². The molecule has 0 bridgehead atoms. The zero-order chi connectivity index (χ0) is 18.4. The summed E-state index contributed by atoms with van der Waals surface area (Å²) in [5.41, 5.74) is 1.16. The highest BCUT2D eigenvalue weighted by atomic mass is 35.5. The summed E-state index contributed by atoms with van der Waals surface area (Å²) in [5.74, 6) is -1.28. The second-order valence-electron chi connectivity index (χ2n) is 5.73. The van der Waals surface area contributed by atoms with Gasteiger partial charge in [-0.3, -0.25) is 9.59 Å². The van der Waals surface area contributed by atoms with Crippen LogP contribution in [0, 0.1) is 5.92 Å². The van der Waals surface area contributed by atoms with Gasteiger partial charge in [0.25, 0.3) is 0 Å². The van der Waals surface area contributed by atoms with Gasteiger partial charge in [-0.2, -0.15) is 0 Å². The average molecular weight is 360 g/mol. The quantitative estimate of drug-likeness (QED) is 0.625. The Morgan fingerprint density at radius 2 is 1.72 bits per heavy atom. The summed E-state index contributed by atoms with van der Waals surface area (Å²) in [6.45, 7) is 3.18. The van der Waals surface area contributed by atoms with E-state index in [1.807, 2.05) is 0 Å². The van der Waals surface area contributed by atoms with E-state index in [2.05, 4.69) is 5.32 Å². The van der Waals surface area contributed by atoms with E-state index < -0.39 is 5.97 Å². The molecule has 1 N–H and O–H groups in total. The molecule has 25 heavy (non-hydrogen) atoms. The summed E-state index contributed by atoms with van der Waals surface area (Å²) < 4.78 is 5.05. The molecule has 2 aromatic carbocycles. The van der Waals surface area contributed by atoms with Crippen molar-refractivity contribution in [1.29, 1.82) is 0 Å². The lowest BCUT2D eigenvalue weighted by Gasteiger charge is -2.09. The molecule has 0 saturated heterocycles. The molecule has 0 aliphatic heterocycles. The van der Waals surface area contributed by atoms with Crippen LogP contribution < -0.4 is 5.32 Å². The number of hydrogen-bond acceptors (Lipinski definition) is 4. The van der Waals surface area contributed by atoms with Gasteiger partial charge < -0.3 is 10.1 Å². The van der Waals surface area contributed by atoms with E-state index in [-0.39, 0.29) is 29.8 Å². The van der Waals surface area contributed by atoms with Gasteiger partial charge in [0.2, 0.25) is 5.91 Å². The molecule has 0 heterocycles. The molecule has 0 radical (unpaired) electrons. The van der Waals surface area contributed by atoms with Crippen LogP contribution in [0.3, 0.4) is 0 Å². The van der Waals surface area contributed by atoms with E-state index in [0.29, 0.717) is 16.3 Å². The van der Waals surface area contributed by atoms with Gasteiger partial charge in [-0.25, -0.2) is 4.79 Å². The topological polar surface area (TPSA) is 72.5 Å². The van der Waals surface area contributed by atoms with Crippen molar-refractivity contribution in [3.05, 3.63) is 64.7 Å². The predicted octanol–water partition coefficient (Wildman–Crippen LogP) is 3.97. The van der Waals surface area contributed by atoms with Crippen LogP contribution in [-0.2, 0) is 9.53 Å². The third kappa shape index (κ3) is 5.43. The molecule has 0 unspecified atom stereocenters. The van der Waals surface area contributed by atoms with E-state index >= 15 is 0 Å². The van der Waals surface area contributed by atoms with Crippen molar-refractivity contribution in [2.45, 2.75) is 13.8 Å². The van der Waals surface area contributed by atoms with Gasteiger partial charge in [0.15, 0.2) is 12.4 Å². The first kappa shape index (κ1) is 18.7. The smallest absolute Gasteiger partial charge is 0.338 e. The molecule has 0 saturated carbocycles. The Kier molecular flexibility index (Phi) is 6.31. The Morgan fingerprint density at radius 3 is 2.36 bits per heavy atom. The van der Waals surface area contributed by atoms with Crippen molar-refractivity contribution in [2.24, 2.45) is 5.92 Å². The van der Waals surface area contributed by atoms with Crippen LogP contribution in [0.4, 0.5) is 5.69 Å². The summed E-state index contributed by atoms with van der Waals surface area (Å²) in [4.78, 5) is 35.8. The SMILES string of the molecule is CC(C)C(=O)Nc1cccc(C(=O)OCC(=O)c2ccc(Cl)cc2)c1. The Hall–Kier alpha value is -2.66. The van der Waals surface area contributed by atoms with Crippen LogP contribution >= 0.6 is 11.6 Å². The molecule has 5 nitrogen and oxygen atoms in total. The molecule has 0 atom stereocenters. The zero-order valence-electron chi connectivity index (χ0n) is 13.9. The second-order valence-corrected chi connectivity index (χ2v) is 6.17. The highest BCUT2D eigenvalue weighted by molar-refractivity contribution is 6.30. The van der Waals surface area contributed by atoms with Gasteiger partial charge in [0, 0.05) is 22.2 Å². The number of ketones is 1. The minimum absolute atomic E-state index is 0.150. The lowest BCUT2D eigenvalue weighted by Crippen LogP contribution is -2.18. The number of rotatable bonds is 6. The summed E-state index contributed by atoms with van der Waals surface area (Å²) in [7, 11) is 0. The number of hydrogen-bond donors (Lipinski definition) is 1. The van der Waals surface area contributed by atoms with Crippen LogP contribution in [0.15, 0.2) is 48.5 Å². The molecule has 2 rings (SSSR count). The number of esters is 1. The summed E-state index contributed by atoms with van der Waals surface area (Å²) in [6.07, 6.45) is 0. The van der Waals surface area contributed by atoms with Crippen molar-refractivity contribution in [2.75, 3.05) is 11.9 Å². The van der Waals surface area contributed by atoms with Crippen LogP contribution in [-0.4, -0.2) is 24.3 Å². The first-order valence-electron chi connectivity index (χ1n) is 7.73. The molecule has 0 aromatic heterocycles. The first-order valence-corrected chi connectivity index (χ1v) is 8.11. The Bertz CT molecular complexity index is 784. The first-order chi connectivity index (χ1) is 11.9. The molecule has 0 fully saturated rings. The van der Waals surface area contributed by atoms with Crippen molar-refractivity contribution >= 4 is 34.9 Å². The number of amides is 1. The molecule has 0 aliphatic carbocycles. The Labute approximate surface area is 150 Å². The van der Waals surface area contributed by atoms with Gasteiger partial charge in [-0.1, -0.05) is 31.5 Å². The zero-order valence-corrected chi connectivity index (χ0v) is 14.7. The largest absolute Gasteiger partial charge is 0.454 e. The van der Waals surface area contributed by atoms with E-state index in [1.165, 1.54) is 6.07 Å². The molecule has 130 valence electrons. The van der Waals surface area contributed by atoms with Crippen LogP contribution in [0.2, 0.25) is 5.02 Å². The Morgan fingerprint density at radius 1 is 1.04 bits per heavy atom. The van der Waals surface area contributed by atoms with Gasteiger partial charge >= 0.3 is 5.97 Å². The molecule has 2 aromatic rings. The third-order valence-electron chi connectivity index (χ3n) is 3.39. The molecular weight excluding hydrogens is 342 g/mol. The fourth-order valence-corrected chi connectivity index (χ4v) is 2.07. The van der Waals surface area contributed by atoms with Crippen molar-refractivity contribution < 1.29 is 19.1 Å². The monoisotopic (exact) mass is 359 g/mol. The average Bonchev–Trinajstić information content (AvgIpc) is 2.60. The highest BCUT2D eigenvalue weighted by Crippen LogP contribution is 2.14. The second kappa shape index (κ2) is 8.44. The lowest BCUT2D eigenvalue weighted by molar-refractivity contribution is -0.118. The molecule has 0 aliphatic rings. The van der Waals surface area contributed by atoms with Crippen molar-refractivity contribution in [3.63, 3.8) is 0 Å². The number of benzene rings is 2. The van der Waals surface area contributed by atoms with E-state index in [9.17, 15) is 14.4 Å². The Balaban J connectivity index is 1.97. The minimum atomic E-state index is -0.636. The van der Waals surface area contributed by atoms with E-state index in [1.54, 1.807) is 56.3 Å². The maximum Gasteiger partial charge on any atom is 0.338 e. The number of halogens is 1. The van der Waals surface area contributed by atoms with E-state index in [0.717, 1.165) is 0 Å². The van der Waals surface area contributed by atoms with Gasteiger partial charge in [0.05, 0.1) is 5.56 Å². The summed E-state index contributed by atoms with van der Waals surface area (Å²) in [6, 6.07) is 12.7. The maximum absolute atomic E-state index is 12.1. The number of ether oxygens (including phenoxy) is 1. The van der Waals surface area contributed by atoms with Gasteiger partial charge in [-0.15, -0.1) is 0 Å². The lowest BCUT2D eigenvalue weighted by atomic mass is 10.1. The van der Waals surface area contributed by atoms with Crippen LogP contribution in [0.25, 0.3) is 0 Å². The van der Waals surface area contributed by atoms with Crippen LogP contribution in [0.5, 0.6) is 0 Å². The summed E-state index contributed by atoms with van der Waals surface area (Å²) >= 11 is 5.77. The number of Topliss-reactive ketones (excluding diaryl/α,β-unsaturated/α-hetero) is 1. The predicted molar refractivity (Wildman–Crippen MR) is 96.0 cm³/mol. The fourth-order valence-electron chi connectivity index (χ4n) is 1.94. The summed E-state index contributed by atoms with van der Waals surface area (Å²) in [5, 5.41) is 3.23. The normalized spacial score (nSPS) is 10.4. The van der Waals surface area contributed by atoms with Gasteiger partial charge in [-0.05, 0) is 42.5 Å². The number of nitrogens with one attached hydrogen (secondary N) is 1. The highest BCUT2D eigenvalue weighted by Gasteiger charge is 2.13. The minimum Gasteiger partial charge on any atom is -0.454 e. The van der Waals surface area contributed by atoms with Crippen molar-refractivity contribution in [3.8, 4) is 0 Å². The van der Waals surface area contributed by atoms with Gasteiger partial charge in [0.1, 0.15) is 0 Å². The number of carbonyl (C=O) groups is 3. The molecule has 0 spiro atoms. The molecule has 6 heteroatoms. The number of carbonyl (C=O) groups excluding carboxylic acids is 3. The third-order valence-corrected chi connectivity index (χ3v) is 3.64. The molecule has 1 amide bonds. The number of anilines is 1.